The standard InChI is InChI=1S/C22H25N5O3/c1-3-30-22(29)25(2)18-12-19(15-23-14-18)27-10-7-16-11-17(13-24-20(16)27)21(28)26-8-5-4-6-9-26/h7,10-15H,3-6,8-9H2,1-2H3. The predicted molar refractivity (Wildman–Crippen MR) is 114 cm³/mol. The van der Waals surface area contributed by atoms with Gasteiger partial charge in [0, 0.05) is 37.9 Å². The highest BCUT2D eigenvalue weighted by atomic mass is 16.6. The molecule has 0 aliphatic carbocycles. The van der Waals surface area contributed by atoms with Crippen molar-refractivity contribution in [1.29, 1.82) is 0 Å². The second kappa shape index (κ2) is 8.52. The van der Waals surface area contributed by atoms with E-state index in [4.69, 9.17) is 4.74 Å². The number of pyridine rings is 2. The van der Waals surface area contributed by atoms with Gasteiger partial charge < -0.3 is 9.64 Å². The summed E-state index contributed by atoms with van der Waals surface area (Å²) in [4.78, 5) is 36.9. The number of rotatable bonds is 4. The molecule has 4 heterocycles. The quantitative estimate of drug-likeness (QED) is 0.660. The predicted octanol–water partition coefficient (Wildman–Crippen LogP) is 3.64. The number of nitrogens with zero attached hydrogens (tertiary/aromatic N) is 5. The fraction of sp³-hybridized carbons (Fsp3) is 0.364. The Kier molecular flexibility index (Phi) is 5.65. The first kappa shape index (κ1) is 19.9. The van der Waals surface area contributed by atoms with Gasteiger partial charge in [-0.25, -0.2) is 9.78 Å². The van der Waals surface area contributed by atoms with E-state index >= 15 is 0 Å². The summed E-state index contributed by atoms with van der Waals surface area (Å²) in [5.41, 5.74) is 2.71. The van der Waals surface area contributed by atoms with E-state index in [0.29, 0.717) is 17.9 Å². The SMILES string of the molecule is CCOC(=O)N(C)c1cncc(-n2ccc3cc(C(=O)N4CCCCC4)cnc32)c1. The molecule has 3 aromatic heterocycles. The Morgan fingerprint density at radius 2 is 1.93 bits per heavy atom. The zero-order valence-corrected chi connectivity index (χ0v) is 17.2. The van der Waals surface area contributed by atoms with Gasteiger partial charge in [0.15, 0.2) is 0 Å². The summed E-state index contributed by atoms with van der Waals surface area (Å²) in [5.74, 6) is 0.0385. The largest absolute Gasteiger partial charge is 0.449 e. The molecule has 0 spiro atoms. The number of anilines is 1. The van der Waals surface area contributed by atoms with Gasteiger partial charge in [0.1, 0.15) is 5.65 Å². The van der Waals surface area contributed by atoms with Crippen LogP contribution < -0.4 is 4.90 Å². The molecule has 0 saturated carbocycles. The first-order valence-corrected chi connectivity index (χ1v) is 10.2. The number of piperidine rings is 1. The molecule has 0 atom stereocenters. The molecule has 4 rings (SSSR count). The Morgan fingerprint density at radius 1 is 1.13 bits per heavy atom. The van der Waals surface area contributed by atoms with Crippen LogP contribution in [0.2, 0.25) is 0 Å². The fourth-order valence-electron chi connectivity index (χ4n) is 3.69. The third-order valence-corrected chi connectivity index (χ3v) is 5.33. The Bertz CT molecular complexity index is 1070. The minimum Gasteiger partial charge on any atom is -0.449 e. The summed E-state index contributed by atoms with van der Waals surface area (Å²) in [6, 6.07) is 5.66. The number of ether oxygens (including phenoxy) is 1. The molecule has 1 saturated heterocycles. The van der Waals surface area contributed by atoms with Crippen molar-refractivity contribution in [3.8, 4) is 5.69 Å². The Balaban J connectivity index is 1.62. The summed E-state index contributed by atoms with van der Waals surface area (Å²) in [6.07, 6.45) is 9.69. The average Bonchev–Trinajstić information content (AvgIpc) is 3.22. The lowest BCUT2D eigenvalue weighted by molar-refractivity contribution is 0.0724. The number of aromatic nitrogens is 3. The van der Waals surface area contributed by atoms with Gasteiger partial charge in [-0.15, -0.1) is 0 Å². The molecule has 1 aliphatic rings. The summed E-state index contributed by atoms with van der Waals surface area (Å²) in [6.45, 7) is 3.69. The zero-order chi connectivity index (χ0) is 21.1. The van der Waals surface area contributed by atoms with E-state index in [1.807, 2.05) is 33.9 Å². The molecule has 156 valence electrons. The zero-order valence-electron chi connectivity index (χ0n) is 17.2. The Morgan fingerprint density at radius 3 is 2.70 bits per heavy atom. The van der Waals surface area contributed by atoms with Gasteiger partial charge in [0.25, 0.3) is 5.91 Å². The van der Waals surface area contributed by atoms with E-state index in [1.165, 1.54) is 11.3 Å². The van der Waals surface area contributed by atoms with Gasteiger partial charge in [0.05, 0.1) is 35.9 Å². The van der Waals surface area contributed by atoms with E-state index in [9.17, 15) is 9.59 Å². The molecule has 3 aromatic rings. The molecule has 2 amide bonds. The molecule has 0 N–H and O–H groups in total. The van der Waals surface area contributed by atoms with Crippen LogP contribution in [-0.4, -0.2) is 58.2 Å². The number of fused-ring (bicyclic) bond motifs is 1. The van der Waals surface area contributed by atoms with E-state index in [2.05, 4.69) is 9.97 Å². The van der Waals surface area contributed by atoms with Crippen LogP contribution in [0, 0.1) is 0 Å². The molecule has 8 heteroatoms. The summed E-state index contributed by atoms with van der Waals surface area (Å²) in [7, 11) is 1.64. The number of hydrogen-bond acceptors (Lipinski definition) is 5. The van der Waals surface area contributed by atoms with Crippen LogP contribution in [0.15, 0.2) is 43.0 Å². The lowest BCUT2D eigenvalue weighted by Crippen LogP contribution is -2.35. The lowest BCUT2D eigenvalue weighted by atomic mass is 10.1. The van der Waals surface area contributed by atoms with Crippen LogP contribution >= 0.6 is 0 Å². The molecule has 1 fully saturated rings. The third kappa shape index (κ3) is 3.85. The molecule has 30 heavy (non-hydrogen) atoms. The minimum absolute atomic E-state index is 0.0385. The molecular weight excluding hydrogens is 382 g/mol. The maximum Gasteiger partial charge on any atom is 0.414 e. The monoisotopic (exact) mass is 407 g/mol. The third-order valence-electron chi connectivity index (χ3n) is 5.33. The Hall–Kier alpha value is -3.42. The molecule has 0 radical (unpaired) electrons. The lowest BCUT2D eigenvalue weighted by Gasteiger charge is -2.26. The maximum atomic E-state index is 12.8. The Labute approximate surface area is 175 Å². The van der Waals surface area contributed by atoms with Crippen molar-refractivity contribution in [2.75, 3.05) is 31.6 Å². The number of carbonyl (C=O) groups is 2. The van der Waals surface area contributed by atoms with Crippen LogP contribution in [0.3, 0.4) is 0 Å². The van der Waals surface area contributed by atoms with E-state index in [1.54, 1.807) is 32.6 Å². The van der Waals surface area contributed by atoms with Gasteiger partial charge in [-0.2, -0.15) is 0 Å². The van der Waals surface area contributed by atoms with Gasteiger partial charge >= 0.3 is 6.09 Å². The fourth-order valence-corrected chi connectivity index (χ4v) is 3.69. The van der Waals surface area contributed by atoms with Crippen LogP contribution in [-0.2, 0) is 4.74 Å². The second-order valence-electron chi connectivity index (χ2n) is 7.33. The highest BCUT2D eigenvalue weighted by Crippen LogP contribution is 2.23. The molecular formula is C22H25N5O3. The summed E-state index contributed by atoms with van der Waals surface area (Å²) < 4.78 is 6.94. The maximum absolute atomic E-state index is 12.8. The van der Waals surface area contributed by atoms with Gasteiger partial charge in [0.2, 0.25) is 0 Å². The van der Waals surface area contributed by atoms with Gasteiger partial charge in [-0.05, 0) is 44.4 Å². The van der Waals surface area contributed by atoms with Crippen LogP contribution in [0.4, 0.5) is 10.5 Å². The molecule has 0 bridgehead atoms. The van der Waals surface area contributed by atoms with E-state index < -0.39 is 6.09 Å². The van der Waals surface area contributed by atoms with Crippen molar-refractivity contribution in [3.05, 3.63) is 48.5 Å². The first-order valence-electron chi connectivity index (χ1n) is 10.2. The van der Waals surface area contributed by atoms with Crippen LogP contribution in [0.1, 0.15) is 36.5 Å². The summed E-state index contributed by atoms with van der Waals surface area (Å²) in [5, 5.41) is 0.877. The van der Waals surface area contributed by atoms with Crippen LogP contribution in [0.5, 0.6) is 0 Å². The van der Waals surface area contributed by atoms with Gasteiger partial charge in [-0.1, -0.05) is 0 Å². The smallest absolute Gasteiger partial charge is 0.414 e. The van der Waals surface area contributed by atoms with Gasteiger partial charge in [-0.3, -0.25) is 19.2 Å². The second-order valence-corrected chi connectivity index (χ2v) is 7.33. The normalized spacial score (nSPS) is 14.0. The van der Waals surface area contributed by atoms with Crippen molar-refractivity contribution >= 4 is 28.7 Å². The minimum atomic E-state index is -0.437. The number of carbonyl (C=O) groups excluding carboxylic acids is 2. The average molecular weight is 407 g/mol. The molecule has 1 aliphatic heterocycles. The van der Waals surface area contributed by atoms with Crippen LogP contribution in [0.25, 0.3) is 16.7 Å². The molecule has 0 aromatic carbocycles. The molecule has 8 nitrogen and oxygen atoms in total. The number of likely N-dealkylation sites (tertiary alicyclic amines) is 1. The van der Waals surface area contributed by atoms with Crippen molar-refractivity contribution in [1.82, 2.24) is 19.4 Å². The van der Waals surface area contributed by atoms with E-state index in [-0.39, 0.29) is 5.91 Å². The van der Waals surface area contributed by atoms with E-state index in [0.717, 1.165) is 42.7 Å². The van der Waals surface area contributed by atoms with Crippen molar-refractivity contribution in [2.45, 2.75) is 26.2 Å². The highest BCUT2D eigenvalue weighted by Gasteiger charge is 2.19. The molecule has 0 unspecified atom stereocenters. The van der Waals surface area contributed by atoms with Crippen molar-refractivity contribution in [2.24, 2.45) is 0 Å². The highest BCUT2D eigenvalue weighted by molar-refractivity contribution is 5.97. The van der Waals surface area contributed by atoms with Crippen molar-refractivity contribution < 1.29 is 14.3 Å². The number of hydrogen-bond donors (Lipinski definition) is 0. The number of amides is 2. The van der Waals surface area contributed by atoms with Crippen molar-refractivity contribution in [3.63, 3.8) is 0 Å². The first-order chi connectivity index (χ1) is 14.6. The topological polar surface area (TPSA) is 80.6 Å². The summed E-state index contributed by atoms with van der Waals surface area (Å²) >= 11 is 0.